The van der Waals surface area contributed by atoms with Gasteiger partial charge < -0.3 is 5.11 Å². The molecule has 1 N–H and O–H groups in total. The van der Waals surface area contributed by atoms with Crippen molar-refractivity contribution in [2.24, 2.45) is 0 Å². The summed E-state index contributed by atoms with van der Waals surface area (Å²) in [6.07, 6.45) is -1.11. The van der Waals surface area contributed by atoms with E-state index < -0.39 is 17.7 Å². The van der Waals surface area contributed by atoms with Crippen molar-refractivity contribution in [1.82, 2.24) is 19.5 Å². The number of para-hydroxylation sites is 1. The molecule has 2 aliphatic rings. The zero-order valence-electron chi connectivity index (χ0n) is 17.9. The van der Waals surface area contributed by atoms with Gasteiger partial charge in [0.15, 0.2) is 0 Å². The summed E-state index contributed by atoms with van der Waals surface area (Å²) < 4.78 is 40.8. The summed E-state index contributed by atoms with van der Waals surface area (Å²) in [5.41, 5.74) is 4.47. The number of carboxylic acid groups (broad SMARTS) is 1. The molecule has 9 heteroatoms. The monoisotopic (exact) mass is 455 g/mol. The second kappa shape index (κ2) is 7.55. The number of quaternary nitrogens is 1. The Kier molecular flexibility index (Phi) is 4.89. The number of benzene rings is 2. The molecule has 170 valence electrons. The molecule has 1 fully saturated rings. The van der Waals surface area contributed by atoms with Crippen molar-refractivity contribution < 1.29 is 23.1 Å². The van der Waals surface area contributed by atoms with Gasteiger partial charge in [0.05, 0.1) is 25.2 Å². The van der Waals surface area contributed by atoms with E-state index in [1.165, 1.54) is 12.1 Å². The molecule has 0 amide bonds. The highest BCUT2D eigenvalue weighted by atomic mass is 19.4. The quantitative estimate of drug-likeness (QED) is 0.554. The fourth-order valence-electron chi connectivity index (χ4n) is 5.16. The molecule has 5 rings (SSSR count). The maximum atomic E-state index is 12.8. The minimum absolute atomic E-state index is 0.00769. The van der Waals surface area contributed by atoms with Crippen molar-refractivity contribution in [3.8, 4) is 11.3 Å². The van der Waals surface area contributed by atoms with Crippen LogP contribution in [-0.2, 0) is 11.0 Å². The minimum atomic E-state index is -4.38. The van der Waals surface area contributed by atoms with Crippen LogP contribution in [0.3, 0.4) is 0 Å². The van der Waals surface area contributed by atoms with Crippen molar-refractivity contribution in [1.29, 1.82) is 0 Å². The van der Waals surface area contributed by atoms with Crippen molar-refractivity contribution in [3.05, 3.63) is 71.6 Å². The number of carbonyl (C=O) groups is 1. The molecule has 33 heavy (non-hydrogen) atoms. The lowest BCUT2D eigenvalue weighted by molar-refractivity contribution is -0.138. The molecule has 0 bridgehead atoms. The molecule has 0 saturated carbocycles. The third-order valence-electron chi connectivity index (χ3n) is 6.72. The first-order valence-corrected chi connectivity index (χ1v) is 10.7. The molecule has 6 nitrogen and oxygen atoms in total. The number of allylic oxidation sites excluding steroid dienone is 1. The van der Waals surface area contributed by atoms with Crippen molar-refractivity contribution in [3.63, 3.8) is 0 Å². The number of fused-ring (bicyclic) bond motifs is 3. The number of aromatic nitrogens is 3. The molecule has 1 saturated heterocycles. The van der Waals surface area contributed by atoms with Gasteiger partial charge in [-0.2, -0.15) is 13.2 Å². The Morgan fingerprint density at radius 3 is 2.61 bits per heavy atom. The van der Waals surface area contributed by atoms with Crippen LogP contribution in [-0.4, -0.2) is 39.7 Å². The predicted molar refractivity (Wildman–Crippen MR) is 117 cm³/mol. The second-order valence-electron chi connectivity index (χ2n) is 8.74. The fraction of sp³-hybridized carbons (Fsp3) is 0.292. The van der Waals surface area contributed by atoms with Crippen LogP contribution in [0.15, 0.2) is 60.4 Å². The Morgan fingerprint density at radius 1 is 1.18 bits per heavy atom. The van der Waals surface area contributed by atoms with Crippen molar-refractivity contribution >= 4 is 17.2 Å². The number of likely N-dealkylation sites (N-methyl/N-ethyl adjacent to an activating group) is 1. The summed E-state index contributed by atoms with van der Waals surface area (Å²) in [6.45, 7) is 0.686. The van der Waals surface area contributed by atoms with E-state index in [9.17, 15) is 23.1 Å². The lowest BCUT2D eigenvalue weighted by atomic mass is 9.97. The maximum absolute atomic E-state index is 12.8. The Hall–Kier alpha value is -3.46. The van der Waals surface area contributed by atoms with Gasteiger partial charge in [0.25, 0.3) is 0 Å². The number of rotatable bonds is 4. The summed E-state index contributed by atoms with van der Waals surface area (Å²) in [5.74, 6) is -0.847. The van der Waals surface area contributed by atoms with Gasteiger partial charge in [-0.05, 0) is 24.6 Å². The van der Waals surface area contributed by atoms with Gasteiger partial charge >= 0.3 is 12.1 Å². The van der Waals surface area contributed by atoms with E-state index in [1.807, 2.05) is 24.3 Å². The summed E-state index contributed by atoms with van der Waals surface area (Å²) >= 11 is 0. The van der Waals surface area contributed by atoms with Gasteiger partial charge in [-0.15, -0.1) is 5.10 Å². The molecule has 2 atom stereocenters. The van der Waals surface area contributed by atoms with Crippen LogP contribution in [0, 0.1) is 0 Å². The van der Waals surface area contributed by atoms with Crippen molar-refractivity contribution in [2.45, 2.75) is 31.5 Å². The third kappa shape index (κ3) is 3.62. The van der Waals surface area contributed by atoms with E-state index in [2.05, 4.69) is 17.4 Å². The highest BCUT2D eigenvalue weighted by Crippen LogP contribution is 2.50. The van der Waals surface area contributed by atoms with Crippen LogP contribution in [0.1, 0.15) is 36.4 Å². The summed E-state index contributed by atoms with van der Waals surface area (Å²) in [6, 6.07) is 12.8. The van der Waals surface area contributed by atoms with Crippen molar-refractivity contribution in [2.75, 3.05) is 13.6 Å². The average molecular weight is 455 g/mol. The normalized spacial score (nSPS) is 22.2. The maximum Gasteiger partial charge on any atom is 0.416 e. The number of hydrogen-bond acceptors (Lipinski definition) is 3. The first-order chi connectivity index (χ1) is 15.7. The van der Waals surface area contributed by atoms with Crippen LogP contribution in [0.5, 0.6) is 0 Å². The van der Waals surface area contributed by atoms with Gasteiger partial charge in [0.2, 0.25) is 0 Å². The molecule has 0 radical (unpaired) electrons. The topological polar surface area (TPSA) is 68.0 Å². The molecular weight excluding hydrogens is 433 g/mol. The number of hydrogen-bond donors (Lipinski definition) is 1. The van der Waals surface area contributed by atoms with Crippen LogP contribution in [0.25, 0.3) is 16.8 Å². The smallest absolute Gasteiger partial charge is 0.416 e. The number of halogens is 3. The van der Waals surface area contributed by atoms with E-state index >= 15 is 0 Å². The lowest BCUT2D eigenvalue weighted by Crippen LogP contribution is -2.49. The van der Waals surface area contributed by atoms with Gasteiger partial charge in [0, 0.05) is 29.2 Å². The molecular formula is C24H22F3N4O2+. The molecule has 0 spiro atoms. The third-order valence-corrected chi connectivity index (χ3v) is 6.72. The van der Waals surface area contributed by atoms with Crippen LogP contribution >= 0.6 is 0 Å². The Bertz CT molecular complexity index is 1260. The number of alkyl halides is 3. The van der Waals surface area contributed by atoms with E-state index in [0.29, 0.717) is 22.3 Å². The van der Waals surface area contributed by atoms with E-state index in [0.717, 1.165) is 47.5 Å². The fourth-order valence-corrected chi connectivity index (χ4v) is 5.16. The van der Waals surface area contributed by atoms with Gasteiger partial charge in [-0.1, -0.05) is 29.5 Å². The lowest BCUT2D eigenvalue weighted by Gasteiger charge is -2.39. The van der Waals surface area contributed by atoms with Crippen LogP contribution in [0.4, 0.5) is 18.9 Å². The highest BCUT2D eigenvalue weighted by Gasteiger charge is 2.47. The number of carboxylic acids is 1. The Balaban J connectivity index is 1.43. The molecule has 0 aliphatic carbocycles. The summed E-state index contributed by atoms with van der Waals surface area (Å²) in [4.78, 5) is 11.5. The molecule has 2 unspecified atom stereocenters. The SMILES string of the molecule is C[N+]12CC(n3cc(-c4ccc(C(F)(F)F)cc4)nn3)CCC1=C(CC(=O)O)c1ccccc12. The summed E-state index contributed by atoms with van der Waals surface area (Å²) in [5, 5.41) is 17.9. The first kappa shape index (κ1) is 21.4. The van der Waals surface area contributed by atoms with Crippen LogP contribution in [0.2, 0.25) is 0 Å². The zero-order valence-corrected chi connectivity index (χ0v) is 17.9. The van der Waals surface area contributed by atoms with E-state index in [4.69, 9.17) is 0 Å². The molecule has 2 aromatic carbocycles. The minimum Gasteiger partial charge on any atom is -0.481 e. The Labute approximate surface area is 188 Å². The number of aliphatic carboxylic acids is 1. The van der Waals surface area contributed by atoms with Crippen LogP contribution < -0.4 is 4.48 Å². The second-order valence-corrected chi connectivity index (χ2v) is 8.74. The predicted octanol–water partition coefficient (Wildman–Crippen LogP) is 5.14. The standard InChI is InChI=1S/C24H21F3N4O2/c1-31-14-17(10-11-22(31)19(12-23(32)33)18-4-2-3-5-21(18)31)30-13-20(28-29-30)15-6-8-16(9-7-15)24(25,26)27/h2-9,13,17H,10-12,14H2,1H3/p+1. The Morgan fingerprint density at radius 2 is 1.91 bits per heavy atom. The van der Waals surface area contributed by atoms with Gasteiger partial charge in [-0.25, -0.2) is 4.68 Å². The molecule has 3 aromatic rings. The average Bonchev–Trinajstić information content (AvgIpc) is 3.35. The molecule has 3 heterocycles. The van der Waals surface area contributed by atoms with E-state index in [1.54, 1.807) is 10.9 Å². The molecule has 2 aliphatic heterocycles. The zero-order chi connectivity index (χ0) is 23.4. The highest BCUT2D eigenvalue weighted by molar-refractivity contribution is 5.93. The number of nitrogens with zero attached hydrogens (tertiary/aromatic N) is 4. The largest absolute Gasteiger partial charge is 0.481 e. The first-order valence-electron chi connectivity index (χ1n) is 10.7. The van der Waals surface area contributed by atoms with E-state index in [-0.39, 0.29) is 12.5 Å². The number of piperidine rings is 1. The van der Waals surface area contributed by atoms with Gasteiger partial charge in [0.1, 0.15) is 29.7 Å². The summed E-state index contributed by atoms with van der Waals surface area (Å²) in [7, 11) is 2.10. The molecule has 1 aromatic heterocycles. The van der Waals surface area contributed by atoms with Gasteiger partial charge in [-0.3, -0.25) is 9.28 Å².